The second-order valence-electron chi connectivity index (χ2n) is 5.74. The first-order valence-corrected chi connectivity index (χ1v) is 8.28. The molecule has 25 heavy (non-hydrogen) atoms. The van der Waals surface area contributed by atoms with Crippen LogP contribution < -0.4 is 20.7 Å². The van der Waals surface area contributed by atoms with Crippen LogP contribution in [0.25, 0.3) is 0 Å². The summed E-state index contributed by atoms with van der Waals surface area (Å²) in [7, 11) is 0. The molecule has 3 rings (SSSR count). The van der Waals surface area contributed by atoms with E-state index in [1.165, 1.54) is 17.5 Å². The van der Waals surface area contributed by atoms with Crippen molar-refractivity contribution in [2.45, 2.75) is 6.54 Å². The lowest BCUT2D eigenvalue weighted by Crippen LogP contribution is -2.36. The molecule has 0 aromatic heterocycles. The van der Waals surface area contributed by atoms with Crippen molar-refractivity contribution in [1.29, 1.82) is 0 Å². The maximum Gasteiger partial charge on any atom is 0.149 e. The molecule has 4 N–H and O–H groups in total. The SMILES string of the molecule is Nc1ccc(O/C=C/O)c(NCc2ccccc2N2CCOCC2)c1. The fraction of sp³-hybridized carbons (Fsp3) is 0.263. The van der Waals surface area contributed by atoms with Crippen molar-refractivity contribution in [2.75, 3.05) is 42.3 Å². The van der Waals surface area contributed by atoms with Gasteiger partial charge in [-0.05, 0) is 29.8 Å². The minimum absolute atomic E-state index is 0.600. The molecule has 0 unspecified atom stereocenters. The average Bonchev–Trinajstić information content (AvgIpc) is 2.66. The minimum atomic E-state index is 0.600. The molecule has 0 radical (unpaired) electrons. The zero-order chi connectivity index (χ0) is 17.5. The number of ether oxygens (including phenoxy) is 2. The highest BCUT2D eigenvalue weighted by molar-refractivity contribution is 5.64. The molecule has 1 fully saturated rings. The summed E-state index contributed by atoms with van der Waals surface area (Å²) in [4.78, 5) is 2.34. The fourth-order valence-corrected chi connectivity index (χ4v) is 2.86. The molecular formula is C19H23N3O3. The van der Waals surface area contributed by atoms with Crippen molar-refractivity contribution < 1.29 is 14.6 Å². The maximum absolute atomic E-state index is 8.80. The van der Waals surface area contributed by atoms with E-state index in [2.05, 4.69) is 28.4 Å². The van der Waals surface area contributed by atoms with E-state index in [9.17, 15) is 0 Å². The molecule has 1 aliphatic heterocycles. The number of hydrogen-bond donors (Lipinski definition) is 3. The zero-order valence-electron chi connectivity index (χ0n) is 14.0. The van der Waals surface area contributed by atoms with Gasteiger partial charge in [0, 0.05) is 31.0 Å². The van der Waals surface area contributed by atoms with Gasteiger partial charge in [0.1, 0.15) is 18.3 Å². The molecule has 0 atom stereocenters. The van der Waals surface area contributed by atoms with E-state index in [4.69, 9.17) is 20.3 Å². The summed E-state index contributed by atoms with van der Waals surface area (Å²) in [6.07, 6.45) is 2.08. The molecule has 1 aliphatic rings. The van der Waals surface area contributed by atoms with Gasteiger partial charge < -0.3 is 30.5 Å². The molecule has 2 aromatic carbocycles. The number of aliphatic hydroxyl groups excluding tert-OH is 1. The van der Waals surface area contributed by atoms with Gasteiger partial charge in [0.15, 0.2) is 0 Å². The topological polar surface area (TPSA) is 80.0 Å². The Kier molecular flexibility index (Phi) is 5.64. The quantitative estimate of drug-likeness (QED) is 0.553. The van der Waals surface area contributed by atoms with E-state index in [1.807, 2.05) is 12.1 Å². The monoisotopic (exact) mass is 341 g/mol. The third kappa shape index (κ3) is 4.36. The number of nitrogens with one attached hydrogen (secondary N) is 1. The Balaban J connectivity index is 1.77. The molecule has 6 nitrogen and oxygen atoms in total. The van der Waals surface area contributed by atoms with Gasteiger partial charge in [-0.2, -0.15) is 0 Å². The Morgan fingerprint density at radius 2 is 2.00 bits per heavy atom. The van der Waals surface area contributed by atoms with E-state index in [1.54, 1.807) is 12.1 Å². The van der Waals surface area contributed by atoms with Crippen LogP contribution in [0.5, 0.6) is 5.75 Å². The number of anilines is 3. The van der Waals surface area contributed by atoms with Crippen LogP contribution in [0.1, 0.15) is 5.56 Å². The number of morpholine rings is 1. The van der Waals surface area contributed by atoms with Gasteiger partial charge in [-0.1, -0.05) is 18.2 Å². The third-order valence-corrected chi connectivity index (χ3v) is 4.07. The van der Waals surface area contributed by atoms with Crippen molar-refractivity contribution in [3.8, 4) is 5.75 Å². The smallest absolute Gasteiger partial charge is 0.149 e. The predicted molar refractivity (Wildman–Crippen MR) is 100 cm³/mol. The minimum Gasteiger partial charge on any atom is -0.512 e. The molecule has 1 saturated heterocycles. The van der Waals surface area contributed by atoms with E-state index < -0.39 is 0 Å². The molecule has 0 amide bonds. The zero-order valence-corrected chi connectivity index (χ0v) is 14.0. The molecule has 0 bridgehead atoms. The molecule has 6 heteroatoms. The number of aliphatic hydroxyl groups is 1. The highest BCUT2D eigenvalue weighted by Gasteiger charge is 2.14. The van der Waals surface area contributed by atoms with Crippen LogP contribution in [0.3, 0.4) is 0 Å². The summed E-state index contributed by atoms with van der Waals surface area (Å²) in [5.41, 5.74) is 9.70. The second-order valence-corrected chi connectivity index (χ2v) is 5.74. The van der Waals surface area contributed by atoms with Gasteiger partial charge in [0.05, 0.1) is 18.9 Å². The number of rotatable bonds is 6. The largest absolute Gasteiger partial charge is 0.512 e. The van der Waals surface area contributed by atoms with Gasteiger partial charge in [0.25, 0.3) is 0 Å². The van der Waals surface area contributed by atoms with E-state index in [0.29, 0.717) is 18.0 Å². The molecule has 2 aromatic rings. The average molecular weight is 341 g/mol. The molecule has 132 valence electrons. The number of hydrogen-bond acceptors (Lipinski definition) is 6. The highest BCUT2D eigenvalue weighted by Crippen LogP contribution is 2.29. The Labute approximate surface area is 147 Å². The van der Waals surface area contributed by atoms with E-state index in [-0.39, 0.29) is 0 Å². The molecular weight excluding hydrogens is 318 g/mol. The second kappa shape index (κ2) is 8.30. The van der Waals surface area contributed by atoms with Crippen molar-refractivity contribution in [1.82, 2.24) is 0 Å². The summed E-state index contributed by atoms with van der Waals surface area (Å²) in [6.45, 7) is 3.93. The summed E-state index contributed by atoms with van der Waals surface area (Å²) < 4.78 is 10.8. The van der Waals surface area contributed by atoms with Crippen LogP contribution in [0.2, 0.25) is 0 Å². The Morgan fingerprint density at radius 1 is 1.20 bits per heavy atom. The summed E-state index contributed by atoms with van der Waals surface area (Å²) in [5.74, 6) is 0.600. The van der Waals surface area contributed by atoms with Crippen molar-refractivity contribution >= 4 is 17.1 Å². The number of para-hydroxylation sites is 1. The van der Waals surface area contributed by atoms with Gasteiger partial charge in [-0.15, -0.1) is 0 Å². The first-order valence-electron chi connectivity index (χ1n) is 8.28. The van der Waals surface area contributed by atoms with Crippen LogP contribution in [0, 0.1) is 0 Å². The molecule has 0 aliphatic carbocycles. The predicted octanol–water partition coefficient (Wildman–Crippen LogP) is 3.13. The molecule has 1 heterocycles. The summed E-state index contributed by atoms with van der Waals surface area (Å²) in [5, 5.41) is 12.2. The van der Waals surface area contributed by atoms with Crippen LogP contribution in [-0.4, -0.2) is 31.4 Å². The van der Waals surface area contributed by atoms with Gasteiger partial charge in [0.2, 0.25) is 0 Å². The number of nitrogens with zero attached hydrogens (tertiary/aromatic N) is 1. The van der Waals surface area contributed by atoms with E-state index in [0.717, 1.165) is 38.3 Å². The first-order chi connectivity index (χ1) is 12.3. The number of benzene rings is 2. The summed E-state index contributed by atoms with van der Waals surface area (Å²) in [6, 6.07) is 13.7. The molecule has 0 saturated carbocycles. The lowest BCUT2D eigenvalue weighted by atomic mass is 10.1. The lowest BCUT2D eigenvalue weighted by molar-refractivity contribution is 0.122. The fourth-order valence-electron chi connectivity index (χ4n) is 2.86. The Morgan fingerprint density at radius 3 is 2.80 bits per heavy atom. The van der Waals surface area contributed by atoms with Gasteiger partial charge in [-0.25, -0.2) is 0 Å². The third-order valence-electron chi connectivity index (χ3n) is 4.07. The van der Waals surface area contributed by atoms with Crippen molar-refractivity contribution in [3.05, 3.63) is 60.6 Å². The standard InChI is InChI=1S/C19H23N3O3/c20-16-5-6-19(25-12-9-23)17(13-16)21-14-15-3-1-2-4-18(15)22-7-10-24-11-8-22/h1-6,9,12-13,21,23H,7-8,10-11,14,20H2/b12-9+. The van der Waals surface area contributed by atoms with Crippen LogP contribution in [-0.2, 0) is 11.3 Å². The Bertz CT molecular complexity index is 728. The van der Waals surface area contributed by atoms with Crippen LogP contribution in [0.4, 0.5) is 17.1 Å². The van der Waals surface area contributed by atoms with Gasteiger partial charge in [-0.3, -0.25) is 0 Å². The molecule has 0 spiro atoms. The number of nitrogen functional groups attached to an aromatic ring is 1. The number of nitrogens with two attached hydrogens (primary N) is 1. The highest BCUT2D eigenvalue weighted by atomic mass is 16.5. The lowest BCUT2D eigenvalue weighted by Gasteiger charge is -2.30. The van der Waals surface area contributed by atoms with Crippen LogP contribution in [0.15, 0.2) is 55.0 Å². The van der Waals surface area contributed by atoms with E-state index >= 15 is 0 Å². The van der Waals surface area contributed by atoms with Crippen LogP contribution >= 0.6 is 0 Å². The Hall–Kier alpha value is -2.86. The van der Waals surface area contributed by atoms with Gasteiger partial charge >= 0.3 is 0 Å². The summed E-state index contributed by atoms with van der Waals surface area (Å²) >= 11 is 0. The van der Waals surface area contributed by atoms with Crippen molar-refractivity contribution in [2.24, 2.45) is 0 Å². The first kappa shape index (κ1) is 17.0. The maximum atomic E-state index is 8.80. The normalized spacial score (nSPS) is 14.6. The van der Waals surface area contributed by atoms with Crippen molar-refractivity contribution in [3.63, 3.8) is 0 Å².